The van der Waals surface area contributed by atoms with Crippen LogP contribution in [-0.4, -0.2) is 24.8 Å². The molecule has 5 heteroatoms. The number of nitrogens with one attached hydrogen (secondary N) is 1. The van der Waals surface area contributed by atoms with Crippen molar-refractivity contribution in [2.45, 2.75) is 36.7 Å². The highest BCUT2D eigenvalue weighted by atomic mass is 32.2. The molecular formula is C20H25N2O2S+. The minimum Gasteiger partial charge on any atom is -0.497 e. The number of hydrogen-bond acceptors (Lipinski definition) is 3. The Hall–Kier alpha value is -1.98. The number of hydrogen-bond donors (Lipinski definition) is 2. The lowest BCUT2D eigenvalue weighted by atomic mass is 10.0. The van der Waals surface area contributed by atoms with Crippen molar-refractivity contribution >= 4 is 23.4 Å². The number of carbonyl (C=O) groups excluding carboxylic acids is 1. The summed E-state index contributed by atoms with van der Waals surface area (Å²) in [6.07, 6.45) is 1.63. The van der Waals surface area contributed by atoms with Gasteiger partial charge in [-0.15, -0.1) is 11.8 Å². The molecule has 132 valence electrons. The Morgan fingerprint density at radius 2 is 2.16 bits per heavy atom. The molecule has 0 saturated heterocycles. The molecule has 0 unspecified atom stereocenters. The first-order valence-corrected chi connectivity index (χ1v) is 9.65. The number of nitrogens with two attached hydrogens (primary N) is 1. The van der Waals surface area contributed by atoms with Gasteiger partial charge in [-0.25, -0.2) is 0 Å². The van der Waals surface area contributed by atoms with Crippen LogP contribution in [0.1, 0.15) is 31.4 Å². The maximum absolute atomic E-state index is 12.3. The lowest BCUT2D eigenvalue weighted by Crippen LogP contribution is -2.90. The predicted molar refractivity (Wildman–Crippen MR) is 102 cm³/mol. The normalized spacial score (nSPS) is 17.4. The van der Waals surface area contributed by atoms with Crippen LogP contribution in [0.4, 0.5) is 5.69 Å². The van der Waals surface area contributed by atoms with Gasteiger partial charge in [-0.3, -0.25) is 4.79 Å². The fraction of sp³-hybridized carbons (Fsp3) is 0.350. The van der Waals surface area contributed by atoms with Crippen molar-refractivity contribution in [1.29, 1.82) is 0 Å². The second-order valence-corrected chi connectivity index (χ2v) is 7.57. The molecule has 4 nitrogen and oxygen atoms in total. The summed E-state index contributed by atoms with van der Waals surface area (Å²) in [7, 11) is 1.62. The second kappa shape index (κ2) is 8.41. The summed E-state index contributed by atoms with van der Waals surface area (Å²) in [5.74, 6) is 1.92. The van der Waals surface area contributed by atoms with E-state index in [4.69, 9.17) is 4.74 Å². The number of quaternary nitrogens is 1. The van der Waals surface area contributed by atoms with Gasteiger partial charge in [0.25, 0.3) is 0 Å². The number of ether oxygens (including phenoxy) is 1. The predicted octanol–water partition coefficient (Wildman–Crippen LogP) is 3.21. The lowest BCUT2D eigenvalue weighted by molar-refractivity contribution is -0.724. The van der Waals surface area contributed by atoms with Crippen molar-refractivity contribution in [2.75, 3.05) is 18.2 Å². The minimum absolute atomic E-state index is 0.0375. The van der Waals surface area contributed by atoms with Crippen LogP contribution in [0.2, 0.25) is 0 Å². The molecule has 0 aromatic heterocycles. The molecule has 3 rings (SSSR count). The van der Waals surface area contributed by atoms with Crippen LogP contribution in [0, 0.1) is 0 Å². The largest absolute Gasteiger partial charge is 0.497 e. The van der Waals surface area contributed by atoms with Crippen LogP contribution < -0.4 is 15.4 Å². The standard InChI is InChI=1S/C20H24N2O2S/c1-14(12-20(23)22-15-6-5-7-16(13-15)24-2)21-18-10-11-25-19-9-4-3-8-17(18)19/h3-9,13-14,18,21H,10-12H2,1-2H3,(H,22,23)/p+1/t14-,18+/m0/s1. The molecule has 2 aromatic carbocycles. The number of thioether (sulfide) groups is 1. The summed E-state index contributed by atoms with van der Waals surface area (Å²) in [6.45, 7) is 2.12. The molecule has 1 heterocycles. The third-order valence-electron chi connectivity index (χ3n) is 4.43. The molecule has 0 spiro atoms. The number of carbonyl (C=O) groups is 1. The third-order valence-corrected chi connectivity index (χ3v) is 5.55. The molecule has 1 amide bonds. The zero-order valence-corrected chi connectivity index (χ0v) is 15.5. The number of rotatable bonds is 6. The summed E-state index contributed by atoms with van der Waals surface area (Å²) in [6, 6.07) is 16.7. The highest BCUT2D eigenvalue weighted by Gasteiger charge is 2.25. The second-order valence-electron chi connectivity index (χ2n) is 6.44. The molecule has 2 aromatic rings. The molecule has 1 aliphatic rings. The van der Waals surface area contributed by atoms with Crippen molar-refractivity contribution in [3.05, 3.63) is 54.1 Å². The van der Waals surface area contributed by atoms with Crippen molar-refractivity contribution in [3.8, 4) is 5.75 Å². The van der Waals surface area contributed by atoms with Gasteiger partial charge in [0, 0.05) is 34.4 Å². The van der Waals surface area contributed by atoms with Crippen LogP contribution in [-0.2, 0) is 4.79 Å². The van der Waals surface area contributed by atoms with Crippen LogP contribution in [0.3, 0.4) is 0 Å². The van der Waals surface area contributed by atoms with Crippen LogP contribution in [0.15, 0.2) is 53.4 Å². The SMILES string of the molecule is COc1cccc(NC(=O)C[C@H](C)[NH2+][C@@H]2CCSc3ccccc32)c1. The van der Waals surface area contributed by atoms with Gasteiger partial charge in [-0.1, -0.05) is 24.3 Å². The quantitative estimate of drug-likeness (QED) is 0.835. The van der Waals surface area contributed by atoms with Crippen molar-refractivity contribution in [2.24, 2.45) is 0 Å². The summed E-state index contributed by atoms with van der Waals surface area (Å²) in [5, 5.41) is 5.30. The Labute approximate surface area is 153 Å². The van der Waals surface area contributed by atoms with Gasteiger partial charge in [-0.2, -0.15) is 0 Å². The van der Waals surface area contributed by atoms with Gasteiger partial charge in [0.2, 0.25) is 5.91 Å². The number of fused-ring (bicyclic) bond motifs is 1. The van der Waals surface area contributed by atoms with E-state index in [1.807, 2.05) is 36.0 Å². The fourth-order valence-corrected chi connectivity index (χ4v) is 4.39. The first-order chi connectivity index (χ1) is 12.2. The maximum Gasteiger partial charge on any atom is 0.230 e. The molecule has 0 bridgehead atoms. The molecule has 2 atom stereocenters. The number of benzene rings is 2. The van der Waals surface area contributed by atoms with Gasteiger partial charge >= 0.3 is 0 Å². The first-order valence-electron chi connectivity index (χ1n) is 8.66. The molecule has 0 radical (unpaired) electrons. The van der Waals surface area contributed by atoms with E-state index in [1.165, 1.54) is 10.5 Å². The molecule has 0 aliphatic carbocycles. The van der Waals surface area contributed by atoms with Gasteiger partial charge in [0.1, 0.15) is 11.8 Å². The van der Waals surface area contributed by atoms with Crippen LogP contribution in [0.25, 0.3) is 0 Å². The first kappa shape index (κ1) is 17.8. The molecule has 0 fully saturated rings. The highest BCUT2D eigenvalue weighted by molar-refractivity contribution is 7.99. The smallest absolute Gasteiger partial charge is 0.230 e. The average molecular weight is 357 g/mol. The van der Waals surface area contributed by atoms with E-state index in [0.717, 1.165) is 23.6 Å². The van der Waals surface area contributed by atoms with Gasteiger partial charge < -0.3 is 15.4 Å². The summed E-state index contributed by atoms with van der Waals surface area (Å²) < 4.78 is 5.19. The van der Waals surface area contributed by atoms with E-state index in [0.29, 0.717) is 12.5 Å². The Kier molecular flexibility index (Phi) is 6.00. The van der Waals surface area contributed by atoms with Crippen molar-refractivity contribution < 1.29 is 14.8 Å². The van der Waals surface area contributed by atoms with E-state index in [1.54, 1.807) is 7.11 Å². The molecule has 0 saturated carbocycles. The molecule has 1 aliphatic heterocycles. The van der Waals surface area contributed by atoms with E-state index in [-0.39, 0.29) is 11.9 Å². The number of amides is 1. The van der Waals surface area contributed by atoms with Gasteiger partial charge in [0.15, 0.2) is 0 Å². The van der Waals surface area contributed by atoms with E-state index in [2.05, 4.69) is 41.8 Å². The van der Waals surface area contributed by atoms with Crippen LogP contribution in [0.5, 0.6) is 5.75 Å². The van der Waals surface area contributed by atoms with Crippen LogP contribution >= 0.6 is 11.8 Å². The zero-order chi connectivity index (χ0) is 17.6. The van der Waals surface area contributed by atoms with E-state index >= 15 is 0 Å². The summed E-state index contributed by atoms with van der Waals surface area (Å²) in [5.41, 5.74) is 2.18. The Balaban J connectivity index is 1.56. The Bertz CT molecular complexity index is 735. The number of anilines is 1. The van der Waals surface area contributed by atoms with Gasteiger partial charge in [0.05, 0.1) is 19.6 Å². The maximum atomic E-state index is 12.3. The highest BCUT2D eigenvalue weighted by Crippen LogP contribution is 2.33. The third kappa shape index (κ3) is 4.77. The monoisotopic (exact) mass is 357 g/mol. The minimum atomic E-state index is 0.0375. The molecular weight excluding hydrogens is 332 g/mol. The summed E-state index contributed by atoms with van der Waals surface area (Å²) in [4.78, 5) is 13.7. The fourth-order valence-electron chi connectivity index (χ4n) is 3.24. The lowest BCUT2D eigenvalue weighted by Gasteiger charge is -2.25. The zero-order valence-electron chi connectivity index (χ0n) is 14.7. The molecule has 3 N–H and O–H groups in total. The van der Waals surface area contributed by atoms with Crippen molar-refractivity contribution in [1.82, 2.24) is 0 Å². The topological polar surface area (TPSA) is 54.9 Å². The van der Waals surface area contributed by atoms with Gasteiger partial charge in [-0.05, 0) is 25.1 Å². The van der Waals surface area contributed by atoms with Crippen molar-refractivity contribution in [3.63, 3.8) is 0 Å². The Morgan fingerprint density at radius 3 is 3.00 bits per heavy atom. The summed E-state index contributed by atoms with van der Waals surface area (Å²) >= 11 is 1.93. The van der Waals surface area contributed by atoms with E-state index in [9.17, 15) is 4.79 Å². The van der Waals surface area contributed by atoms with E-state index < -0.39 is 0 Å². The Morgan fingerprint density at radius 1 is 1.32 bits per heavy atom. The molecule has 25 heavy (non-hydrogen) atoms. The average Bonchev–Trinajstić information content (AvgIpc) is 2.62. The number of methoxy groups -OCH3 is 1.